The van der Waals surface area contributed by atoms with E-state index in [1.807, 2.05) is 0 Å². The summed E-state index contributed by atoms with van der Waals surface area (Å²) in [5.74, 6) is -2.54. The van der Waals surface area contributed by atoms with Crippen LogP contribution in [0.25, 0.3) is 17.0 Å². The largest absolute Gasteiger partial charge is 0.453 e. The molecule has 36 heavy (non-hydrogen) atoms. The van der Waals surface area contributed by atoms with Gasteiger partial charge in [0, 0.05) is 24.8 Å². The summed E-state index contributed by atoms with van der Waals surface area (Å²) in [6.45, 7) is 2.20. The van der Waals surface area contributed by atoms with Crippen molar-refractivity contribution in [3.05, 3.63) is 65.4 Å². The first-order valence-corrected chi connectivity index (χ1v) is 11.3. The summed E-state index contributed by atoms with van der Waals surface area (Å²) in [5.41, 5.74) is 0.0178. The zero-order chi connectivity index (χ0) is 25.4. The number of nitrogens with one attached hydrogen (secondary N) is 1. The maximum Gasteiger partial charge on any atom is 0.409 e. The van der Waals surface area contributed by atoms with Gasteiger partial charge in [-0.05, 0) is 38.0 Å². The minimum atomic E-state index is -0.900. The van der Waals surface area contributed by atoms with Crippen molar-refractivity contribution >= 4 is 23.3 Å². The van der Waals surface area contributed by atoms with Crippen LogP contribution in [-0.4, -0.2) is 56.6 Å². The fourth-order valence-electron chi connectivity index (χ4n) is 4.29. The predicted octanol–water partition coefficient (Wildman–Crippen LogP) is 4.17. The number of aromatic nitrogens is 4. The second kappa shape index (κ2) is 9.36. The van der Waals surface area contributed by atoms with Gasteiger partial charge in [0.15, 0.2) is 5.82 Å². The number of hydrogen-bond donors (Lipinski definition) is 1. The highest BCUT2D eigenvalue weighted by molar-refractivity contribution is 6.04. The van der Waals surface area contributed by atoms with E-state index in [0.717, 1.165) is 6.07 Å². The minimum absolute atomic E-state index is 0.0804. The van der Waals surface area contributed by atoms with Crippen LogP contribution in [0.15, 0.2) is 41.2 Å². The Morgan fingerprint density at radius 3 is 2.92 bits per heavy atom. The summed E-state index contributed by atoms with van der Waals surface area (Å²) < 4.78 is 42.1. The summed E-state index contributed by atoms with van der Waals surface area (Å²) in [6, 6.07) is 6.17. The van der Waals surface area contributed by atoms with Crippen molar-refractivity contribution in [3.63, 3.8) is 0 Å². The van der Waals surface area contributed by atoms with Crippen molar-refractivity contribution in [2.75, 3.05) is 25.5 Å². The molecule has 1 aliphatic heterocycles. The average Bonchev–Trinajstić information content (AvgIpc) is 3.56. The summed E-state index contributed by atoms with van der Waals surface area (Å²) in [4.78, 5) is 34.7. The second-order valence-corrected chi connectivity index (χ2v) is 8.46. The van der Waals surface area contributed by atoms with E-state index in [-0.39, 0.29) is 40.1 Å². The number of carbonyl (C=O) groups is 2. The van der Waals surface area contributed by atoms with E-state index >= 15 is 4.39 Å². The van der Waals surface area contributed by atoms with Crippen molar-refractivity contribution in [3.8, 4) is 11.4 Å². The monoisotopic (exact) mass is 496 g/mol. The van der Waals surface area contributed by atoms with Gasteiger partial charge in [-0.2, -0.15) is 4.98 Å². The molecule has 3 aromatic heterocycles. The van der Waals surface area contributed by atoms with Crippen molar-refractivity contribution in [1.82, 2.24) is 24.4 Å². The van der Waals surface area contributed by atoms with E-state index in [1.165, 1.54) is 29.5 Å². The molecule has 4 aromatic rings. The molecule has 1 saturated heterocycles. The van der Waals surface area contributed by atoms with Gasteiger partial charge in [-0.1, -0.05) is 11.2 Å². The zero-order valence-electron chi connectivity index (χ0n) is 19.5. The molecule has 12 heteroatoms. The molecular formula is C24H22F2N6O4. The molecule has 186 valence electrons. The van der Waals surface area contributed by atoms with Crippen LogP contribution in [0.1, 0.15) is 40.7 Å². The number of benzene rings is 1. The summed E-state index contributed by atoms with van der Waals surface area (Å²) in [7, 11) is 1.30. The fourth-order valence-corrected chi connectivity index (χ4v) is 4.29. The molecule has 5 rings (SSSR count). The number of methoxy groups -OCH3 is 1. The Balaban J connectivity index is 1.44. The first-order valence-electron chi connectivity index (χ1n) is 11.3. The molecule has 0 bridgehead atoms. The van der Waals surface area contributed by atoms with Crippen LogP contribution in [0.3, 0.4) is 0 Å². The van der Waals surface area contributed by atoms with E-state index in [0.29, 0.717) is 31.6 Å². The van der Waals surface area contributed by atoms with Crippen molar-refractivity contribution in [2.45, 2.75) is 25.7 Å². The van der Waals surface area contributed by atoms with E-state index in [2.05, 4.69) is 20.4 Å². The molecular weight excluding hydrogens is 474 g/mol. The molecule has 1 fully saturated rings. The Morgan fingerprint density at radius 1 is 1.28 bits per heavy atom. The lowest BCUT2D eigenvalue weighted by molar-refractivity contribution is 0.102. The SMILES string of the molecule is COC(=O)N1CCC[C@H](c2nc(-c3cc(F)c(C)c(NC(=O)c4cnc5ccccn45)c3F)no2)C1. The number of carbonyl (C=O) groups excluding carboxylic acids is 2. The lowest BCUT2D eigenvalue weighted by atomic mass is 9.98. The number of amides is 2. The third-order valence-corrected chi connectivity index (χ3v) is 6.23. The first-order chi connectivity index (χ1) is 17.4. The van der Waals surface area contributed by atoms with Crippen molar-refractivity contribution in [1.29, 1.82) is 0 Å². The highest BCUT2D eigenvalue weighted by Gasteiger charge is 2.30. The van der Waals surface area contributed by atoms with Gasteiger partial charge in [-0.25, -0.2) is 18.6 Å². The number of rotatable bonds is 4. The molecule has 0 radical (unpaired) electrons. The van der Waals surface area contributed by atoms with Crippen molar-refractivity contribution < 1.29 is 27.6 Å². The number of anilines is 1. The van der Waals surface area contributed by atoms with Crippen molar-refractivity contribution in [2.24, 2.45) is 0 Å². The van der Waals surface area contributed by atoms with Gasteiger partial charge in [0.1, 0.15) is 17.2 Å². The molecule has 1 N–H and O–H groups in total. The highest BCUT2D eigenvalue weighted by Crippen LogP contribution is 2.33. The topological polar surface area (TPSA) is 115 Å². The van der Waals surface area contributed by atoms with Crippen LogP contribution in [-0.2, 0) is 4.74 Å². The summed E-state index contributed by atoms with van der Waals surface area (Å²) >= 11 is 0. The van der Waals surface area contributed by atoms with Gasteiger partial charge in [0.2, 0.25) is 11.7 Å². The molecule has 4 heterocycles. The fraction of sp³-hybridized carbons (Fsp3) is 0.292. The Labute approximate surface area is 203 Å². The average molecular weight is 496 g/mol. The normalized spacial score (nSPS) is 15.8. The Hall–Kier alpha value is -4.35. The molecule has 10 nitrogen and oxygen atoms in total. The van der Waals surface area contributed by atoms with Crippen LogP contribution < -0.4 is 5.32 Å². The number of imidazole rings is 1. The molecule has 2 amide bonds. The number of ether oxygens (including phenoxy) is 1. The number of halogens is 2. The molecule has 0 unspecified atom stereocenters. The predicted molar refractivity (Wildman–Crippen MR) is 123 cm³/mol. The molecule has 0 saturated carbocycles. The van der Waals surface area contributed by atoms with Crippen LogP contribution in [0, 0.1) is 18.6 Å². The van der Waals surface area contributed by atoms with Gasteiger partial charge >= 0.3 is 6.09 Å². The molecule has 0 aliphatic carbocycles. The molecule has 1 aromatic carbocycles. The zero-order valence-corrected chi connectivity index (χ0v) is 19.5. The van der Waals surface area contributed by atoms with Gasteiger partial charge in [0.25, 0.3) is 5.91 Å². The second-order valence-electron chi connectivity index (χ2n) is 8.46. The molecule has 1 atom stereocenters. The third-order valence-electron chi connectivity index (χ3n) is 6.23. The van der Waals surface area contributed by atoms with Gasteiger partial charge < -0.3 is 19.5 Å². The third kappa shape index (κ3) is 4.14. The number of piperidine rings is 1. The maximum atomic E-state index is 15.6. The summed E-state index contributed by atoms with van der Waals surface area (Å²) in [5, 5.41) is 6.30. The smallest absolute Gasteiger partial charge is 0.409 e. The highest BCUT2D eigenvalue weighted by atomic mass is 19.1. The molecule has 0 spiro atoms. The number of likely N-dealkylation sites (tertiary alicyclic amines) is 1. The van der Waals surface area contributed by atoms with E-state index in [4.69, 9.17) is 9.26 Å². The standard InChI is InChI=1S/C24H22F2N6O4/c1-13-16(25)10-15(21-29-23(36-30-21)14-6-5-8-31(12-14)24(34)35-2)19(26)20(13)28-22(33)17-11-27-18-7-3-4-9-32(17)18/h3-4,7,9-11,14H,5-6,8,12H2,1-2H3,(H,28,33)/t14-/m0/s1. The van der Waals surface area contributed by atoms with Gasteiger partial charge in [-0.15, -0.1) is 0 Å². The minimum Gasteiger partial charge on any atom is -0.453 e. The van der Waals surface area contributed by atoms with E-state index in [1.54, 1.807) is 24.4 Å². The summed E-state index contributed by atoms with van der Waals surface area (Å²) in [6.07, 6.45) is 3.92. The van der Waals surface area contributed by atoms with E-state index < -0.39 is 23.6 Å². The van der Waals surface area contributed by atoms with Crippen LogP contribution in [0.5, 0.6) is 0 Å². The number of nitrogens with zero attached hydrogens (tertiary/aromatic N) is 5. The first kappa shape index (κ1) is 23.4. The number of hydrogen-bond acceptors (Lipinski definition) is 7. The van der Waals surface area contributed by atoms with Gasteiger partial charge in [-0.3, -0.25) is 9.20 Å². The Morgan fingerprint density at radius 2 is 2.11 bits per heavy atom. The number of pyridine rings is 1. The Kier molecular flexibility index (Phi) is 6.08. The molecule has 1 aliphatic rings. The van der Waals surface area contributed by atoms with E-state index in [9.17, 15) is 14.0 Å². The van der Waals surface area contributed by atoms with Crippen LogP contribution >= 0.6 is 0 Å². The van der Waals surface area contributed by atoms with Crippen LogP contribution in [0.4, 0.5) is 19.3 Å². The Bertz CT molecular complexity index is 1470. The lowest BCUT2D eigenvalue weighted by Gasteiger charge is -2.29. The van der Waals surface area contributed by atoms with Crippen LogP contribution in [0.2, 0.25) is 0 Å². The maximum absolute atomic E-state index is 15.6. The van der Waals surface area contributed by atoms with Gasteiger partial charge in [0.05, 0.1) is 30.5 Å². The number of fused-ring (bicyclic) bond motifs is 1. The quantitative estimate of drug-likeness (QED) is 0.451. The lowest BCUT2D eigenvalue weighted by Crippen LogP contribution is -2.39.